The Balaban J connectivity index is 1.43. The molecule has 1 heterocycles. The summed E-state index contributed by atoms with van der Waals surface area (Å²) in [6.07, 6.45) is 3.23. The molecule has 0 aliphatic rings. The molecule has 31 heavy (non-hydrogen) atoms. The van der Waals surface area contributed by atoms with E-state index in [-0.39, 0.29) is 5.91 Å². The predicted molar refractivity (Wildman–Crippen MR) is 123 cm³/mol. The third kappa shape index (κ3) is 7.46. The smallest absolute Gasteiger partial charge is 0.244 e. The van der Waals surface area contributed by atoms with Crippen molar-refractivity contribution in [2.24, 2.45) is 0 Å². The first-order valence-corrected chi connectivity index (χ1v) is 11.0. The molecule has 0 aliphatic carbocycles. The van der Waals surface area contributed by atoms with Crippen molar-refractivity contribution in [2.75, 3.05) is 19.8 Å². The molecule has 0 atom stereocenters. The molecule has 0 fully saturated rings. The van der Waals surface area contributed by atoms with Gasteiger partial charge in [0, 0.05) is 17.0 Å². The van der Waals surface area contributed by atoms with Crippen molar-refractivity contribution in [3.63, 3.8) is 0 Å². The van der Waals surface area contributed by atoms with Crippen LogP contribution in [0.4, 0.5) is 0 Å². The molecule has 1 aromatic heterocycles. The number of aryl methyl sites for hydroxylation is 1. The fourth-order valence-corrected chi connectivity index (χ4v) is 3.34. The van der Waals surface area contributed by atoms with E-state index < -0.39 is 0 Å². The number of hydrogen-bond donors (Lipinski definition) is 1. The molecule has 0 radical (unpaired) electrons. The van der Waals surface area contributed by atoms with E-state index in [4.69, 9.17) is 14.2 Å². The van der Waals surface area contributed by atoms with Crippen molar-refractivity contribution in [3.8, 4) is 17.2 Å². The Morgan fingerprint density at radius 3 is 2.52 bits per heavy atom. The van der Waals surface area contributed by atoms with E-state index in [9.17, 15) is 4.79 Å². The third-order valence-electron chi connectivity index (χ3n) is 4.18. The molecule has 0 saturated heterocycles. The molecule has 0 spiro atoms. The number of nitrogens with one attached hydrogen (secondary N) is 1. The summed E-state index contributed by atoms with van der Waals surface area (Å²) < 4.78 is 16.9. The zero-order valence-electron chi connectivity index (χ0n) is 17.7. The molecule has 3 rings (SSSR count). The minimum absolute atomic E-state index is 0.194. The summed E-state index contributed by atoms with van der Waals surface area (Å²) in [6.45, 7) is 5.70. The van der Waals surface area contributed by atoms with Crippen molar-refractivity contribution in [1.29, 1.82) is 0 Å². The lowest BCUT2D eigenvalue weighted by molar-refractivity contribution is -0.116. The number of hydrogen-bond acceptors (Lipinski definition) is 6. The first kappa shape index (κ1) is 22.4. The average Bonchev–Trinajstić information content (AvgIpc) is 3.21. The normalized spacial score (nSPS) is 10.8. The van der Waals surface area contributed by atoms with Crippen molar-refractivity contribution in [1.82, 2.24) is 10.3 Å². The lowest BCUT2D eigenvalue weighted by Gasteiger charge is -2.09. The van der Waals surface area contributed by atoms with Gasteiger partial charge in [-0.2, -0.15) is 0 Å². The summed E-state index contributed by atoms with van der Waals surface area (Å²) >= 11 is 1.59. The van der Waals surface area contributed by atoms with Crippen LogP contribution in [0.25, 0.3) is 6.08 Å². The molecular weight excluding hydrogens is 412 g/mol. The average molecular weight is 439 g/mol. The third-order valence-corrected chi connectivity index (χ3v) is 5.00. The minimum atomic E-state index is -0.194. The van der Waals surface area contributed by atoms with Gasteiger partial charge in [0.1, 0.15) is 30.5 Å². The van der Waals surface area contributed by atoms with E-state index in [0.717, 1.165) is 27.8 Å². The van der Waals surface area contributed by atoms with Gasteiger partial charge in [0.2, 0.25) is 5.91 Å². The lowest BCUT2D eigenvalue weighted by Crippen LogP contribution is -2.26. The molecule has 0 bridgehead atoms. The van der Waals surface area contributed by atoms with Gasteiger partial charge in [-0.25, -0.2) is 4.98 Å². The van der Waals surface area contributed by atoms with Crippen LogP contribution in [0.3, 0.4) is 0 Å². The highest BCUT2D eigenvalue weighted by Gasteiger charge is 2.04. The van der Waals surface area contributed by atoms with Crippen molar-refractivity contribution < 1.29 is 19.0 Å². The van der Waals surface area contributed by atoms with E-state index in [1.807, 2.05) is 67.8 Å². The number of amides is 1. The van der Waals surface area contributed by atoms with Gasteiger partial charge in [-0.3, -0.25) is 4.79 Å². The van der Waals surface area contributed by atoms with Crippen LogP contribution in [-0.2, 0) is 11.4 Å². The number of carbonyl (C=O) groups is 1. The number of para-hydroxylation sites is 1. The highest BCUT2D eigenvalue weighted by molar-refractivity contribution is 7.09. The Bertz CT molecular complexity index is 999. The van der Waals surface area contributed by atoms with Gasteiger partial charge >= 0.3 is 0 Å². The fourth-order valence-electron chi connectivity index (χ4n) is 2.74. The zero-order chi connectivity index (χ0) is 21.9. The molecule has 1 amide bonds. The Kier molecular flexibility index (Phi) is 8.48. The zero-order valence-corrected chi connectivity index (χ0v) is 18.5. The number of aromatic nitrogens is 1. The van der Waals surface area contributed by atoms with Crippen LogP contribution >= 0.6 is 11.3 Å². The van der Waals surface area contributed by atoms with Crippen LogP contribution in [0.1, 0.15) is 23.2 Å². The van der Waals surface area contributed by atoms with E-state index in [2.05, 4.69) is 10.3 Å². The molecule has 0 saturated carbocycles. The van der Waals surface area contributed by atoms with Gasteiger partial charge in [0.15, 0.2) is 0 Å². The van der Waals surface area contributed by atoms with Crippen LogP contribution < -0.4 is 19.5 Å². The van der Waals surface area contributed by atoms with Crippen molar-refractivity contribution in [2.45, 2.75) is 20.5 Å². The number of thiazole rings is 1. The van der Waals surface area contributed by atoms with Gasteiger partial charge < -0.3 is 19.5 Å². The van der Waals surface area contributed by atoms with Crippen LogP contribution in [0.5, 0.6) is 17.2 Å². The first-order chi connectivity index (χ1) is 15.1. The van der Waals surface area contributed by atoms with Gasteiger partial charge in [0.25, 0.3) is 0 Å². The number of nitrogens with zero attached hydrogens (tertiary/aromatic N) is 1. The molecule has 2 aromatic carbocycles. The number of benzene rings is 2. The fraction of sp³-hybridized carbons (Fsp3) is 0.250. The standard InChI is InChI=1S/C24H26N2O4S/c1-3-28-21-9-11-22(12-10-21)29-15-14-25-24(27)13-8-19-6-4-5-7-23(19)30-16-20-17-31-18(2)26-20/h4-13,17H,3,14-16H2,1-2H3,(H,25,27)/b13-8+. The number of ether oxygens (including phenoxy) is 3. The molecule has 3 aromatic rings. The Morgan fingerprint density at radius 1 is 1.06 bits per heavy atom. The highest BCUT2D eigenvalue weighted by atomic mass is 32.1. The van der Waals surface area contributed by atoms with E-state index in [1.54, 1.807) is 17.4 Å². The second-order valence-electron chi connectivity index (χ2n) is 6.56. The second-order valence-corrected chi connectivity index (χ2v) is 7.62. The summed E-state index contributed by atoms with van der Waals surface area (Å²) in [7, 11) is 0. The Labute approximate surface area is 186 Å². The van der Waals surface area contributed by atoms with Crippen LogP contribution in [0, 0.1) is 6.92 Å². The summed E-state index contributed by atoms with van der Waals surface area (Å²) in [6, 6.07) is 15.0. The van der Waals surface area contributed by atoms with Crippen LogP contribution in [0.2, 0.25) is 0 Å². The van der Waals surface area contributed by atoms with E-state index >= 15 is 0 Å². The highest BCUT2D eigenvalue weighted by Crippen LogP contribution is 2.21. The molecule has 162 valence electrons. The monoisotopic (exact) mass is 438 g/mol. The van der Waals surface area contributed by atoms with Crippen molar-refractivity contribution in [3.05, 3.63) is 76.3 Å². The Morgan fingerprint density at radius 2 is 1.81 bits per heavy atom. The SMILES string of the molecule is CCOc1ccc(OCCNC(=O)/C=C/c2ccccc2OCc2csc(C)n2)cc1. The van der Waals surface area contributed by atoms with E-state index in [0.29, 0.717) is 32.1 Å². The first-order valence-electron chi connectivity index (χ1n) is 10.1. The molecule has 7 heteroatoms. The molecular formula is C24H26N2O4S. The number of rotatable bonds is 11. The molecule has 1 N–H and O–H groups in total. The van der Waals surface area contributed by atoms with Gasteiger partial charge in [-0.1, -0.05) is 18.2 Å². The van der Waals surface area contributed by atoms with Gasteiger partial charge in [-0.15, -0.1) is 11.3 Å². The molecule has 0 aliphatic heterocycles. The molecule has 6 nitrogen and oxygen atoms in total. The topological polar surface area (TPSA) is 69.7 Å². The predicted octanol–water partition coefficient (Wildman–Crippen LogP) is 4.64. The maximum atomic E-state index is 12.1. The van der Waals surface area contributed by atoms with E-state index in [1.165, 1.54) is 6.08 Å². The van der Waals surface area contributed by atoms with Crippen LogP contribution in [0.15, 0.2) is 60.0 Å². The summed E-state index contributed by atoms with van der Waals surface area (Å²) in [5, 5.41) is 5.80. The van der Waals surface area contributed by atoms with Crippen molar-refractivity contribution >= 4 is 23.3 Å². The lowest BCUT2D eigenvalue weighted by atomic mass is 10.2. The Hall–Kier alpha value is -3.32. The molecule has 0 unspecified atom stereocenters. The largest absolute Gasteiger partial charge is 0.494 e. The second kappa shape index (κ2) is 11.8. The number of carbonyl (C=O) groups excluding carboxylic acids is 1. The maximum Gasteiger partial charge on any atom is 0.244 e. The summed E-state index contributed by atoms with van der Waals surface area (Å²) in [4.78, 5) is 16.5. The minimum Gasteiger partial charge on any atom is -0.494 e. The maximum absolute atomic E-state index is 12.1. The summed E-state index contributed by atoms with van der Waals surface area (Å²) in [5.41, 5.74) is 1.72. The van der Waals surface area contributed by atoms with Gasteiger partial charge in [-0.05, 0) is 50.3 Å². The quantitative estimate of drug-likeness (QED) is 0.349. The van der Waals surface area contributed by atoms with Gasteiger partial charge in [0.05, 0.1) is 23.9 Å². The summed E-state index contributed by atoms with van der Waals surface area (Å²) in [5.74, 6) is 2.05. The van der Waals surface area contributed by atoms with Crippen LogP contribution in [-0.4, -0.2) is 30.6 Å².